The van der Waals surface area contributed by atoms with Crippen molar-refractivity contribution in [3.05, 3.63) is 70.6 Å². The molecular formula is C19H11F2N3O3S. The Morgan fingerprint density at radius 3 is 2.36 bits per heavy atom. The summed E-state index contributed by atoms with van der Waals surface area (Å²) in [5.74, 6) is -3.16. The van der Waals surface area contributed by atoms with Gasteiger partial charge in [-0.05, 0) is 24.3 Å². The highest BCUT2D eigenvalue weighted by Gasteiger charge is 2.36. The van der Waals surface area contributed by atoms with Gasteiger partial charge in [0.2, 0.25) is 5.91 Å². The number of imide groups is 1. The van der Waals surface area contributed by atoms with Gasteiger partial charge in [-0.1, -0.05) is 12.1 Å². The molecule has 1 aliphatic heterocycles. The van der Waals surface area contributed by atoms with E-state index >= 15 is 0 Å². The first-order valence-electron chi connectivity index (χ1n) is 8.10. The number of nitrogens with zero attached hydrogens (tertiary/aromatic N) is 2. The number of rotatable bonds is 4. The Morgan fingerprint density at radius 2 is 1.71 bits per heavy atom. The van der Waals surface area contributed by atoms with Gasteiger partial charge in [0.1, 0.15) is 18.2 Å². The summed E-state index contributed by atoms with van der Waals surface area (Å²) >= 11 is 1.04. The lowest BCUT2D eigenvalue weighted by Crippen LogP contribution is -2.37. The Morgan fingerprint density at radius 1 is 1.04 bits per heavy atom. The van der Waals surface area contributed by atoms with Gasteiger partial charge in [-0.2, -0.15) is 0 Å². The SMILES string of the molecule is O=C(CN1C(=O)c2ccccc2C1=O)Nc1nc(-c2ccc(F)cc2F)cs1. The van der Waals surface area contributed by atoms with Crippen molar-refractivity contribution in [2.75, 3.05) is 11.9 Å². The standard InChI is InChI=1S/C19H11F2N3O3S/c20-10-5-6-13(14(21)7-10)15-9-28-19(22-15)23-16(25)8-24-17(26)11-3-1-2-4-12(11)18(24)27/h1-7,9H,8H2,(H,22,23,25). The molecule has 140 valence electrons. The zero-order valence-electron chi connectivity index (χ0n) is 14.1. The molecule has 2 aromatic carbocycles. The van der Waals surface area contributed by atoms with Crippen molar-refractivity contribution in [3.63, 3.8) is 0 Å². The van der Waals surface area contributed by atoms with Gasteiger partial charge < -0.3 is 5.32 Å². The highest BCUT2D eigenvalue weighted by Crippen LogP contribution is 2.28. The van der Waals surface area contributed by atoms with Crippen molar-refractivity contribution in [3.8, 4) is 11.3 Å². The van der Waals surface area contributed by atoms with E-state index in [9.17, 15) is 23.2 Å². The topological polar surface area (TPSA) is 79.4 Å². The third-order valence-electron chi connectivity index (χ3n) is 4.14. The smallest absolute Gasteiger partial charge is 0.262 e. The maximum atomic E-state index is 13.9. The summed E-state index contributed by atoms with van der Waals surface area (Å²) < 4.78 is 26.9. The fraction of sp³-hybridized carbons (Fsp3) is 0.0526. The minimum absolute atomic E-state index is 0.0958. The minimum atomic E-state index is -0.769. The average Bonchev–Trinajstić information content (AvgIpc) is 3.21. The number of thiazole rings is 1. The summed E-state index contributed by atoms with van der Waals surface area (Å²) in [5.41, 5.74) is 0.837. The van der Waals surface area contributed by atoms with Crippen LogP contribution in [0.2, 0.25) is 0 Å². The van der Waals surface area contributed by atoms with E-state index in [4.69, 9.17) is 0 Å². The molecule has 3 aromatic rings. The van der Waals surface area contributed by atoms with E-state index < -0.39 is 35.9 Å². The molecule has 1 aliphatic rings. The number of fused-ring (bicyclic) bond motifs is 1. The lowest BCUT2D eigenvalue weighted by Gasteiger charge is -2.12. The highest BCUT2D eigenvalue weighted by atomic mass is 32.1. The number of carbonyl (C=O) groups is 3. The van der Waals surface area contributed by atoms with Crippen LogP contribution in [0, 0.1) is 11.6 Å². The lowest BCUT2D eigenvalue weighted by molar-refractivity contribution is -0.116. The second-order valence-corrected chi connectivity index (χ2v) is 6.81. The van der Waals surface area contributed by atoms with Gasteiger partial charge in [0.25, 0.3) is 11.8 Å². The number of hydrogen-bond donors (Lipinski definition) is 1. The van der Waals surface area contributed by atoms with Crippen molar-refractivity contribution in [1.82, 2.24) is 9.88 Å². The summed E-state index contributed by atoms with van der Waals surface area (Å²) in [5, 5.41) is 4.16. The van der Waals surface area contributed by atoms with Crippen LogP contribution in [0.3, 0.4) is 0 Å². The minimum Gasteiger partial charge on any atom is -0.300 e. The number of carbonyl (C=O) groups excluding carboxylic acids is 3. The van der Waals surface area contributed by atoms with Crippen LogP contribution in [0.1, 0.15) is 20.7 Å². The number of anilines is 1. The van der Waals surface area contributed by atoms with Crippen LogP contribution in [0.4, 0.5) is 13.9 Å². The molecule has 0 aliphatic carbocycles. The van der Waals surface area contributed by atoms with Crippen molar-refractivity contribution in [2.24, 2.45) is 0 Å². The number of nitrogens with one attached hydrogen (secondary N) is 1. The van der Waals surface area contributed by atoms with Crippen LogP contribution >= 0.6 is 11.3 Å². The van der Waals surface area contributed by atoms with Gasteiger partial charge in [0.15, 0.2) is 5.13 Å². The number of aromatic nitrogens is 1. The molecule has 0 saturated carbocycles. The van der Waals surface area contributed by atoms with Gasteiger partial charge in [0.05, 0.1) is 16.8 Å². The predicted octanol–water partition coefficient (Wildman–Crippen LogP) is 3.32. The van der Waals surface area contributed by atoms with E-state index in [-0.39, 0.29) is 27.5 Å². The number of halogens is 2. The molecular weight excluding hydrogens is 388 g/mol. The Bertz CT molecular complexity index is 1090. The average molecular weight is 399 g/mol. The molecule has 3 amide bonds. The van der Waals surface area contributed by atoms with Gasteiger partial charge in [-0.3, -0.25) is 19.3 Å². The van der Waals surface area contributed by atoms with Crippen molar-refractivity contribution < 1.29 is 23.2 Å². The summed E-state index contributed by atoms with van der Waals surface area (Å²) in [6.07, 6.45) is 0. The van der Waals surface area contributed by atoms with Crippen LogP contribution < -0.4 is 5.32 Å². The Hall–Kier alpha value is -3.46. The fourth-order valence-corrected chi connectivity index (χ4v) is 3.56. The molecule has 6 nitrogen and oxygen atoms in total. The molecule has 0 unspecified atom stereocenters. The Labute approximate surface area is 161 Å². The first-order chi connectivity index (χ1) is 13.4. The number of benzene rings is 2. The van der Waals surface area contributed by atoms with Crippen LogP contribution in [0.15, 0.2) is 47.8 Å². The van der Waals surface area contributed by atoms with Crippen LogP contribution in [-0.4, -0.2) is 34.2 Å². The molecule has 0 spiro atoms. The third kappa shape index (κ3) is 3.16. The maximum Gasteiger partial charge on any atom is 0.262 e. The number of amides is 3. The second-order valence-electron chi connectivity index (χ2n) is 5.95. The Kier molecular flexibility index (Phi) is 4.44. The quantitative estimate of drug-likeness (QED) is 0.683. The normalized spacial score (nSPS) is 13.0. The summed E-state index contributed by atoms with van der Waals surface area (Å²) in [7, 11) is 0. The van der Waals surface area contributed by atoms with Crippen molar-refractivity contribution >= 4 is 34.2 Å². The third-order valence-corrected chi connectivity index (χ3v) is 4.90. The molecule has 1 aromatic heterocycles. The molecule has 28 heavy (non-hydrogen) atoms. The van der Waals surface area contributed by atoms with Crippen LogP contribution in [0.25, 0.3) is 11.3 Å². The summed E-state index contributed by atoms with van der Waals surface area (Å²) in [4.78, 5) is 41.8. The zero-order chi connectivity index (χ0) is 19.8. The van der Waals surface area contributed by atoms with Gasteiger partial charge in [-0.25, -0.2) is 13.8 Å². The molecule has 9 heteroatoms. The van der Waals surface area contributed by atoms with Gasteiger partial charge in [-0.15, -0.1) is 11.3 Å². The molecule has 2 heterocycles. The van der Waals surface area contributed by atoms with Crippen LogP contribution in [0.5, 0.6) is 0 Å². The maximum absolute atomic E-state index is 13.9. The molecule has 0 atom stereocenters. The van der Waals surface area contributed by atoms with E-state index in [1.54, 1.807) is 12.1 Å². The predicted molar refractivity (Wildman–Crippen MR) is 97.9 cm³/mol. The first-order valence-corrected chi connectivity index (χ1v) is 8.98. The molecule has 0 saturated heterocycles. The molecule has 0 radical (unpaired) electrons. The molecule has 0 fully saturated rings. The van der Waals surface area contributed by atoms with E-state index in [2.05, 4.69) is 10.3 Å². The van der Waals surface area contributed by atoms with Gasteiger partial charge in [0, 0.05) is 17.0 Å². The molecule has 0 bridgehead atoms. The zero-order valence-corrected chi connectivity index (χ0v) is 14.9. The number of hydrogen-bond acceptors (Lipinski definition) is 5. The van der Waals surface area contributed by atoms with E-state index in [0.29, 0.717) is 0 Å². The largest absolute Gasteiger partial charge is 0.300 e. The monoisotopic (exact) mass is 399 g/mol. The van der Waals surface area contributed by atoms with Crippen molar-refractivity contribution in [2.45, 2.75) is 0 Å². The van der Waals surface area contributed by atoms with Crippen LogP contribution in [-0.2, 0) is 4.79 Å². The van der Waals surface area contributed by atoms with E-state index in [0.717, 1.165) is 28.4 Å². The second kappa shape index (κ2) is 6.93. The summed E-state index contributed by atoms with van der Waals surface area (Å²) in [6.45, 7) is -0.466. The fourth-order valence-electron chi connectivity index (χ4n) is 2.84. The van der Waals surface area contributed by atoms with Crippen molar-refractivity contribution in [1.29, 1.82) is 0 Å². The van der Waals surface area contributed by atoms with Gasteiger partial charge >= 0.3 is 0 Å². The molecule has 1 N–H and O–H groups in total. The lowest BCUT2D eigenvalue weighted by atomic mass is 10.1. The first kappa shape index (κ1) is 17.9. The highest BCUT2D eigenvalue weighted by molar-refractivity contribution is 7.14. The summed E-state index contributed by atoms with van der Waals surface area (Å²) in [6, 6.07) is 9.44. The van der Waals surface area contributed by atoms with E-state index in [1.807, 2.05) is 0 Å². The van der Waals surface area contributed by atoms with E-state index in [1.165, 1.54) is 23.6 Å². The Balaban J connectivity index is 1.46. The molecule has 4 rings (SSSR count).